The van der Waals surface area contributed by atoms with E-state index in [1.165, 1.54) is 7.11 Å². The standard InChI is InChI=1S/C10H14ClNO3.ClH/c1-15-8-3-2-6(4-7(12)5-13)9(11)10(8)14;/h2-3,7,13-14H,4-5,12H2,1H3;1H. The molecule has 0 radical (unpaired) electrons. The quantitative estimate of drug-likeness (QED) is 0.770. The molecule has 0 amide bonds. The van der Waals surface area contributed by atoms with E-state index >= 15 is 0 Å². The predicted octanol–water partition coefficient (Wildman–Crippen LogP) is 1.34. The van der Waals surface area contributed by atoms with Gasteiger partial charge in [-0.25, -0.2) is 0 Å². The molecule has 1 unspecified atom stereocenters. The second-order valence-electron chi connectivity index (χ2n) is 3.24. The summed E-state index contributed by atoms with van der Waals surface area (Å²) in [7, 11) is 1.45. The molecule has 1 aromatic rings. The van der Waals surface area contributed by atoms with E-state index in [0.29, 0.717) is 17.7 Å². The summed E-state index contributed by atoms with van der Waals surface area (Å²) in [6, 6.07) is 2.95. The van der Waals surface area contributed by atoms with Crippen molar-refractivity contribution < 1.29 is 14.9 Å². The van der Waals surface area contributed by atoms with Gasteiger partial charge in [-0.15, -0.1) is 12.4 Å². The Morgan fingerprint density at radius 1 is 1.50 bits per heavy atom. The lowest BCUT2D eigenvalue weighted by Gasteiger charge is -2.12. The number of aliphatic hydroxyl groups excluding tert-OH is 1. The molecule has 0 aromatic heterocycles. The molecular formula is C10H15Cl2NO3. The molecule has 0 aliphatic heterocycles. The summed E-state index contributed by atoms with van der Waals surface area (Å²) in [6.07, 6.45) is 0.410. The summed E-state index contributed by atoms with van der Waals surface area (Å²) in [5.74, 6) is 0.225. The number of nitrogens with two attached hydrogens (primary N) is 1. The van der Waals surface area contributed by atoms with E-state index in [1.807, 2.05) is 0 Å². The number of aliphatic hydroxyl groups is 1. The fraction of sp³-hybridized carbons (Fsp3) is 0.400. The second-order valence-corrected chi connectivity index (χ2v) is 3.61. The lowest BCUT2D eigenvalue weighted by Crippen LogP contribution is -2.26. The maximum absolute atomic E-state index is 9.60. The Labute approximate surface area is 105 Å². The summed E-state index contributed by atoms with van der Waals surface area (Å²) in [5.41, 5.74) is 6.26. The number of aromatic hydroxyl groups is 1. The third-order valence-electron chi connectivity index (χ3n) is 2.10. The highest BCUT2D eigenvalue weighted by Gasteiger charge is 2.13. The van der Waals surface area contributed by atoms with Crippen LogP contribution in [0.5, 0.6) is 11.5 Å². The Morgan fingerprint density at radius 2 is 2.12 bits per heavy atom. The number of halogens is 2. The topological polar surface area (TPSA) is 75.7 Å². The van der Waals surface area contributed by atoms with Crippen LogP contribution in [0, 0.1) is 0 Å². The van der Waals surface area contributed by atoms with E-state index in [1.54, 1.807) is 12.1 Å². The van der Waals surface area contributed by atoms with Gasteiger partial charge in [0.25, 0.3) is 0 Å². The van der Waals surface area contributed by atoms with Crippen LogP contribution in [0.15, 0.2) is 12.1 Å². The Balaban J connectivity index is 0.00000225. The van der Waals surface area contributed by atoms with Crippen molar-refractivity contribution in [3.63, 3.8) is 0 Å². The molecule has 16 heavy (non-hydrogen) atoms. The zero-order valence-corrected chi connectivity index (χ0v) is 10.4. The van der Waals surface area contributed by atoms with Crippen LogP contribution in [-0.2, 0) is 6.42 Å². The first-order chi connectivity index (χ1) is 7.10. The maximum Gasteiger partial charge on any atom is 0.177 e. The predicted molar refractivity (Wildman–Crippen MR) is 65.7 cm³/mol. The fourth-order valence-electron chi connectivity index (χ4n) is 1.26. The minimum atomic E-state index is -0.379. The van der Waals surface area contributed by atoms with Crippen molar-refractivity contribution in [1.29, 1.82) is 0 Å². The molecule has 1 aromatic carbocycles. The molecule has 0 spiro atoms. The Bertz CT molecular complexity index is 347. The van der Waals surface area contributed by atoms with Crippen LogP contribution in [0.4, 0.5) is 0 Å². The smallest absolute Gasteiger partial charge is 0.177 e. The third kappa shape index (κ3) is 3.42. The molecule has 4 N–H and O–H groups in total. The number of phenolic OH excluding ortho intramolecular Hbond substituents is 1. The number of rotatable bonds is 4. The molecule has 1 rings (SSSR count). The van der Waals surface area contributed by atoms with E-state index < -0.39 is 0 Å². The van der Waals surface area contributed by atoms with Crippen molar-refractivity contribution in [3.8, 4) is 11.5 Å². The van der Waals surface area contributed by atoms with Crippen molar-refractivity contribution in [1.82, 2.24) is 0 Å². The Hall–Kier alpha value is -0.680. The first-order valence-electron chi connectivity index (χ1n) is 4.51. The van der Waals surface area contributed by atoms with Gasteiger partial charge in [-0.1, -0.05) is 17.7 Å². The first kappa shape index (κ1) is 15.3. The molecular weight excluding hydrogens is 253 g/mol. The molecule has 0 saturated carbocycles. The molecule has 92 valence electrons. The van der Waals surface area contributed by atoms with Gasteiger partial charge in [0.2, 0.25) is 0 Å². The largest absolute Gasteiger partial charge is 0.503 e. The van der Waals surface area contributed by atoms with Gasteiger partial charge < -0.3 is 20.7 Å². The molecule has 0 heterocycles. The lowest BCUT2D eigenvalue weighted by molar-refractivity contribution is 0.265. The molecule has 0 saturated heterocycles. The molecule has 0 aliphatic carbocycles. The zero-order chi connectivity index (χ0) is 11.4. The van der Waals surface area contributed by atoms with Gasteiger partial charge in [0.05, 0.1) is 18.7 Å². The molecule has 6 heteroatoms. The van der Waals surface area contributed by atoms with Gasteiger partial charge in [-0.3, -0.25) is 0 Å². The molecule has 4 nitrogen and oxygen atoms in total. The number of hydrogen-bond donors (Lipinski definition) is 3. The van der Waals surface area contributed by atoms with Crippen LogP contribution in [0.25, 0.3) is 0 Å². The Kier molecular flexibility index (Phi) is 6.52. The van der Waals surface area contributed by atoms with Crippen LogP contribution in [0.2, 0.25) is 5.02 Å². The summed E-state index contributed by atoms with van der Waals surface area (Å²) in [4.78, 5) is 0. The van der Waals surface area contributed by atoms with E-state index in [4.69, 9.17) is 27.2 Å². The van der Waals surface area contributed by atoms with Crippen LogP contribution >= 0.6 is 24.0 Å². The molecule has 1 atom stereocenters. The van der Waals surface area contributed by atoms with Crippen molar-refractivity contribution in [2.24, 2.45) is 5.73 Å². The normalized spacial score (nSPS) is 11.8. The van der Waals surface area contributed by atoms with Gasteiger partial charge in [0, 0.05) is 6.04 Å². The first-order valence-corrected chi connectivity index (χ1v) is 4.88. The zero-order valence-electron chi connectivity index (χ0n) is 8.81. The van der Waals surface area contributed by atoms with Gasteiger partial charge in [0.15, 0.2) is 11.5 Å². The summed E-state index contributed by atoms with van der Waals surface area (Å²) in [5, 5.41) is 18.6. The third-order valence-corrected chi connectivity index (χ3v) is 2.52. The van der Waals surface area contributed by atoms with Crippen molar-refractivity contribution in [2.75, 3.05) is 13.7 Å². The minimum absolute atomic E-state index is 0. The van der Waals surface area contributed by atoms with Crippen LogP contribution in [-0.4, -0.2) is 30.0 Å². The molecule has 0 bridgehead atoms. The summed E-state index contributed by atoms with van der Waals surface area (Å²) < 4.78 is 4.90. The Morgan fingerprint density at radius 3 is 2.62 bits per heavy atom. The molecule has 0 fully saturated rings. The van der Waals surface area contributed by atoms with Gasteiger partial charge in [0.1, 0.15) is 0 Å². The van der Waals surface area contributed by atoms with Crippen molar-refractivity contribution in [3.05, 3.63) is 22.7 Å². The van der Waals surface area contributed by atoms with Crippen LogP contribution in [0.1, 0.15) is 5.56 Å². The van der Waals surface area contributed by atoms with E-state index in [0.717, 1.165) is 0 Å². The van der Waals surface area contributed by atoms with Crippen LogP contribution < -0.4 is 10.5 Å². The maximum atomic E-state index is 9.60. The number of phenols is 1. The van der Waals surface area contributed by atoms with Gasteiger partial charge in [-0.2, -0.15) is 0 Å². The monoisotopic (exact) mass is 267 g/mol. The minimum Gasteiger partial charge on any atom is -0.503 e. The van der Waals surface area contributed by atoms with E-state index in [9.17, 15) is 5.11 Å². The van der Waals surface area contributed by atoms with Crippen molar-refractivity contribution in [2.45, 2.75) is 12.5 Å². The van der Waals surface area contributed by atoms with Crippen molar-refractivity contribution >= 4 is 24.0 Å². The number of ether oxygens (including phenoxy) is 1. The fourth-order valence-corrected chi connectivity index (χ4v) is 1.49. The average Bonchev–Trinajstić information content (AvgIpc) is 2.25. The van der Waals surface area contributed by atoms with Gasteiger partial charge >= 0.3 is 0 Å². The van der Waals surface area contributed by atoms with Crippen LogP contribution in [0.3, 0.4) is 0 Å². The SMILES string of the molecule is COc1ccc(CC(N)CO)c(Cl)c1O.Cl. The molecule has 0 aliphatic rings. The highest BCUT2D eigenvalue weighted by atomic mass is 35.5. The highest BCUT2D eigenvalue weighted by molar-refractivity contribution is 6.33. The summed E-state index contributed by atoms with van der Waals surface area (Å²) in [6.45, 7) is -0.122. The lowest BCUT2D eigenvalue weighted by atomic mass is 10.1. The number of hydrogen-bond acceptors (Lipinski definition) is 4. The highest BCUT2D eigenvalue weighted by Crippen LogP contribution is 2.36. The number of benzene rings is 1. The summed E-state index contributed by atoms with van der Waals surface area (Å²) >= 11 is 5.91. The average molecular weight is 268 g/mol. The van der Waals surface area contributed by atoms with Gasteiger partial charge in [-0.05, 0) is 18.1 Å². The van der Waals surface area contributed by atoms with E-state index in [-0.39, 0.29) is 35.8 Å². The number of methoxy groups -OCH3 is 1. The second kappa shape index (κ2) is 6.81. The van der Waals surface area contributed by atoms with E-state index in [2.05, 4.69) is 0 Å².